The zero-order valence-electron chi connectivity index (χ0n) is 14.2. The van der Waals surface area contributed by atoms with Crippen LogP contribution >= 0.6 is 0 Å². The Morgan fingerprint density at radius 2 is 2.08 bits per heavy atom. The molecule has 0 N–H and O–H groups in total. The Morgan fingerprint density at radius 3 is 2.92 bits per heavy atom. The van der Waals surface area contributed by atoms with Gasteiger partial charge in [0.15, 0.2) is 0 Å². The summed E-state index contributed by atoms with van der Waals surface area (Å²) >= 11 is 0. The molecule has 1 fully saturated rings. The Hall–Kier alpha value is -2.54. The lowest BCUT2D eigenvalue weighted by Gasteiger charge is -2.34. The quantitative estimate of drug-likeness (QED) is 0.688. The highest BCUT2D eigenvalue weighted by atomic mass is 16.5. The molecule has 3 aromatic rings. The van der Waals surface area contributed by atoms with Gasteiger partial charge in [-0.1, -0.05) is 11.6 Å². The van der Waals surface area contributed by atoms with E-state index in [-0.39, 0.29) is 0 Å². The van der Waals surface area contributed by atoms with Crippen molar-refractivity contribution in [3.05, 3.63) is 48.9 Å². The maximum absolute atomic E-state index is 5.48. The SMILES string of the molecule is c1cnn(CC[C@@H]2CCCCN2Cc2nc(-c3ccncc3)no2)c1. The molecular weight excluding hydrogens is 316 g/mol. The van der Waals surface area contributed by atoms with Crippen LogP contribution in [0.15, 0.2) is 47.5 Å². The monoisotopic (exact) mass is 338 g/mol. The molecule has 1 atom stereocenters. The molecule has 0 radical (unpaired) electrons. The van der Waals surface area contributed by atoms with E-state index in [9.17, 15) is 0 Å². The van der Waals surface area contributed by atoms with Crippen LogP contribution < -0.4 is 0 Å². The Bertz CT molecular complexity index is 770. The highest BCUT2D eigenvalue weighted by Crippen LogP contribution is 2.23. The first-order valence-corrected chi connectivity index (χ1v) is 8.83. The lowest BCUT2D eigenvalue weighted by Crippen LogP contribution is -2.39. The number of likely N-dealkylation sites (tertiary alicyclic amines) is 1. The number of pyridine rings is 1. The standard InChI is InChI=1S/C18H22N6O/c1-2-11-23(16(4-1)7-13-24-12-3-8-20-24)14-17-21-18(22-25-17)15-5-9-19-10-6-15/h3,5-6,8-10,12,16H,1-2,4,7,11,13-14H2/t16-/m0/s1. The molecule has 0 unspecified atom stereocenters. The highest BCUT2D eigenvalue weighted by molar-refractivity contribution is 5.52. The largest absolute Gasteiger partial charge is 0.338 e. The van der Waals surface area contributed by atoms with E-state index in [0.29, 0.717) is 24.3 Å². The first kappa shape index (κ1) is 16.0. The van der Waals surface area contributed by atoms with E-state index in [1.165, 1.54) is 19.3 Å². The number of hydrogen-bond donors (Lipinski definition) is 0. The van der Waals surface area contributed by atoms with Gasteiger partial charge in [0.25, 0.3) is 0 Å². The lowest BCUT2D eigenvalue weighted by molar-refractivity contribution is 0.113. The van der Waals surface area contributed by atoms with Crippen molar-refractivity contribution < 1.29 is 4.52 Å². The molecule has 4 heterocycles. The molecule has 7 heteroatoms. The molecule has 0 saturated carbocycles. The van der Waals surface area contributed by atoms with Crippen molar-refractivity contribution in [1.82, 2.24) is 29.8 Å². The van der Waals surface area contributed by atoms with E-state index in [4.69, 9.17) is 4.52 Å². The Balaban J connectivity index is 1.40. The fourth-order valence-corrected chi connectivity index (χ4v) is 3.42. The first-order chi connectivity index (χ1) is 12.4. The van der Waals surface area contributed by atoms with Crippen molar-refractivity contribution in [2.45, 2.75) is 44.8 Å². The van der Waals surface area contributed by atoms with Crippen molar-refractivity contribution in [1.29, 1.82) is 0 Å². The molecule has 0 spiro atoms. The number of rotatable bonds is 6. The van der Waals surface area contributed by atoms with Crippen molar-refractivity contribution >= 4 is 0 Å². The van der Waals surface area contributed by atoms with Crippen LogP contribution in [-0.2, 0) is 13.1 Å². The molecule has 4 rings (SSSR count). The van der Waals surface area contributed by atoms with Gasteiger partial charge in [-0.25, -0.2) is 0 Å². The van der Waals surface area contributed by atoms with Gasteiger partial charge in [-0.3, -0.25) is 14.6 Å². The molecule has 1 aliphatic rings. The second-order valence-corrected chi connectivity index (χ2v) is 6.43. The molecule has 0 amide bonds. The normalized spacial score (nSPS) is 18.5. The van der Waals surface area contributed by atoms with Crippen LogP contribution in [0.3, 0.4) is 0 Å². The Kier molecular flexibility index (Phi) is 4.83. The number of piperidine rings is 1. The van der Waals surface area contributed by atoms with Crippen LogP contribution in [0.1, 0.15) is 31.6 Å². The molecule has 3 aromatic heterocycles. The van der Waals surface area contributed by atoms with Crippen molar-refractivity contribution in [2.24, 2.45) is 0 Å². The van der Waals surface area contributed by atoms with Crippen molar-refractivity contribution in [3.63, 3.8) is 0 Å². The summed E-state index contributed by atoms with van der Waals surface area (Å²) in [5, 5.41) is 8.41. The van der Waals surface area contributed by atoms with E-state index in [1.807, 2.05) is 35.3 Å². The van der Waals surface area contributed by atoms with E-state index in [0.717, 1.165) is 25.1 Å². The predicted octanol–water partition coefficient (Wildman–Crippen LogP) is 2.77. The van der Waals surface area contributed by atoms with Crippen LogP contribution in [0.2, 0.25) is 0 Å². The molecule has 130 valence electrons. The molecule has 25 heavy (non-hydrogen) atoms. The number of hydrogen-bond acceptors (Lipinski definition) is 6. The molecular formula is C18H22N6O. The summed E-state index contributed by atoms with van der Waals surface area (Å²) in [5.74, 6) is 1.31. The van der Waals surface area contributed by atoms with Gasteiger partial charge in [0.05, 0.1) is 6.54 Å². The summed E-state index contributed by atoms with van der Waals surface area (Å²) in [6, 6.07) is 6.29. The fourth-order valence-electron chi connectivity index (χ4n) is 3.42. The van der Waals surface area contributed by atoms with E-state index < -0.39 is 0 Å². The van der Waals surface area contributed by atoms with E-state index in [2.05, 4.69) is 25.1 Å². The third-order valence-corrected chi connectivity index (χ3v) is 4.74. The number of nitrogens with zero attached hydrogens (tertiary/aromatic N) is 6. The van der Waals surface area contributed by atoms with E-state index >= 15 is 0 Å². The molecule has 0 bridgehead atoms. The molecule has 1 aliphatic heterocycles. The van der Waals surface area contributed by atoms with Gasteiger partial charge in [-0.15, -0.1) is 0 Å². The van der Waals surface area contributed by atoms with Crippen molar-refractivity contribution in [3.8, 4) is 11.4 Å². The van der Waals surface area contributed by atoms with Crippen LogP contribution in [0.4, 0.5) is 0 Å². The molecule has 0 aromatic carbocycles. The maximum atomic E-state index is 5.48. The van der Waals surface area contributed by atoms with Gasteiger partial charge in [-0.2, -0.15) is 10.1 Å². The smallest absolute Gasteiger partial charge is 0.241 e. The van der Waals surface area contributed by atoms with Crippen LogP contribution in [0.25, 0.3) is 11.4 Å². The minimum Gasteiger partial charge on any atom is -0.338 e. The topological polar surface area (TPSA) is 72.9 Å². The average molecular weight is 338 g/mol. The maximum Gasteiger partial charge on any atom is 0.241 e. The summed E-state index contributed by atoms with van der Waals surface area (Å²) in [5.41, 5.74) is 0.930. The van der Waals surface area contributed by atoms with Gasteiger partial charge in [0.1, 0.15) is 0 Å². The average Bonchev–Trinajstić information content (AvgIpc) is 3.34. The lowest BCUT2D eigenvalue weighted by atomic mass is 9.99. The summed E-state index contributed by atoms with van der Waals surface area (Å²) in [4.78, 5) is 11.0. The zero-order chi connectivity index (χ0) is 16.9. The van der Waals surface area contributed by atoms with Crippen LogP contribution in [0, 0.1) is 0 Å². The summed E-state index contributed by atoms with van der Waals surface area (Å²) in [6.45, 7) is 2.73. The van der Waals surface area contributed by atoms with Gasteiger partial charge >= 0.3 is 0 Å². The minimum atomic E-state index is 0.536. The van der Waals surface area contributed by atoms with Gasteiger partial charge in [-0.05, 0) is 44.0 Å². The van der Waals surface area contributed by atoms with Crippen LogP contribution in [-0.4, -0.2) is 42.4 Å². The van der Waals surface area contributed by atoms with Gasteiger partial charge in [0, 0.05) is 42.9 Å². The Labute approximate surface area is 146 Å². The second-order valence-electron chi connectivity index (χ2n) is 6.43. The third kappa shape index (κ3) is 3.93. The molecule has 7 nitrogen and oxygen atoms in total. The molecule has 1 saturated heterocycles. The fraction of sp³-hybridized carbons (Fsp3) is 0.444. The zero-order valence-corrected chi connectivity index (χ0v) is 14.2. The van der Waals surface area contributed by atoms with Gasteiger partial charge < -0.3 is 4.52 Å². The predicted molar refractivity (Wildman–Crippen MR) is 92.4 cm³/mol. The van der Waals surface area contributed by atoms with Crippen molar-refractivity contribution in [2.75, 3.05) is 6.54 Å². The first-order valence-electron chi connectivity index (χ1n) is 8.83. The van der Waals surface area contributed by atoms with Crippen LogP contribution in [0.5, 0.6) is 0 Å². The third-order valence-electron chi connectivity index (χ3n) is 4.74. The summed E-state index contributed by atoms with van der Waals surface area (Å²) < 4.78 is 7.48. The minimum absolute atomic E-state index is 0.536. The Morgan fingerprint density at radius 1 is 1.16 bits per heavy atom. The summed E-state index contributed by atoms with van der Waals surface area (Å²) in [6.07, 6.45) is 12.1. The summed E-state index contributed by atoms with van der Waals surface area (Å²) in [7, 11) is 0. The van der Waals surface area contributed by atoms with E-state index in [1.54, 1.807) is 12.4 Å². The highest BCUT2D eigenvalue weighted by Gasteiger charge is 2.24. The second kappa shape index (κ2) is 7.57. The number of aromatic nitrogens is 5. The van der Waals surface area contributed by atoms with Gasteiger partial charge in [0.2, 0.25) is 11.7 Å². The number of aryl methyl sites for hydroxylation is 1. The molecule has 0 aliphatic carbocycles.